The summed E-state index contributed by atoms with van der Waals surface area (Å²) in [5.74, 6) is -2.30. The Morgan fingerprint density at radius 1 is 1.16 bits per heavy atom. The van der Waals surface area contributed by atoms with Crippen LogP contribution in [0.5, 0.6) is 5.75 Å². The second-order valence-corrected chi connectivity index (χ2v) is 8.91. The van der Waals surface area contributed by atoms with Crippen LogP contribution in [0.1, 0.15) is 38.8 Å². The minimum atomic E-state index is -0.859. The molecule has 0 saturated carbocycles. The molecular formula is C27H25F2N5O4. The van der Waals surface area contributed by atoms with Crippen LogP contribution in [-0.4, -0.2) is 45.6 Å². The standard InChI is InChI=1S/C27H25F2N5O4/c1-37-23-8-7-22(28)20(25(23)29)11-31-27(36)21-14-34(32-26(21)18-15-38-16-18)13-19-6-5-17(10-30-19)12-33-9-3-2-4-24(33)35/h2-10,14,18H,11-13,15-16H2,1H3,(H,31,36). The first-order chi connectivity index (χ1) is 18.4. The lowest BCUT2D eigenvalue weighted by Gasteiger charge is -2.25. The molecular weight excluding hydrogens is 496 g/mol. The number of aromatic nitrogens is 4. The summed E-state index contributed by atoms with van der Waals surface area (Å²) in [6.07, 6.45) is 5.01. The molecule has 3 aromatic heterocycles. The second-order valence-electron chi connectivity index (χ2n) is 8.91. The molecule has 1 aromatic carbocycles. The van der Waals surface area contributed by atoms with Gasteiger partial charge in [0.2, 0.25) is 0 Å². The van der Waals surface area contributed by atoms with Gasteiger partial charge >= 0.3 is 0 Å². The number of benzene rings is 1. The van der Waals surface area contributed by atoms with Crippen molar-refractivity contribution >= 4 is 5.91 Å². The lowest BCUT2D eigenvalue weighted by Crippen LogP contribution is -2.30. The summed E-state index contributed by atoms with van der Waals surface area (Å²) in [5, 5.41) is 7.18. The van der Waals surface area contributed by atoms with Gasteiger partial charge in [0.1, 0.15) is 5.82 Å². The van der Waals surface area contributed by atoms with Gasteiger partial charge in [-0.1, -0.05) is 12.1 Å². The number of carbonyl (C=O) groups excluding carboxylic acids is 1. The molecule has 0 atom stereocenters. The number of nitrogens with zero attached hydrogens (tertiary/aromatic N) is 4. The van der Waals surface area contributed by atoms with Gasteiger partial charge in [-0.2, -0.15) is 5.10 Å². The highest BCUT2D eigenvalue weighted by Gasteiger charge is 2.29. The molecule has 1 amide bonds. The van der Waals surface area contributed by atoms with Crippen LogP contribution in [0.25, 0.3) is 0 Å². The van der Waals surface area contributed by atoms with E-state index < -0.39 is 17.5 Å². The van der Waals surface area contributed by atoms with Gasteiger partial charge in [0.25, 0.3) is 11.5 Å². The van der Waals surface area contributed by atoms with Crippen molar-refractivity contribution in [3.8, 4) is 5.75 Å². The number of nitrogens with one attached hydrogen (secondary N) is 1. The minimum Gasteiger partial charge on any atom is -0.494 e. The number of amides is 1. The van der Waals surface area contributed by atoms with Gasteiger partial charge in [-0.25, -0.2) is 8.78 Å². The molecule has 4 aromatic rings. The Morgan fingerprint density at radius 3 is 2.68 bits per heavy atom. The smallest absolute Gasteiger partial charge is 0.255 e. The maximum Gasteiger partial charge on any atom is 0.255 e. The number of rotatable bonds is 9. The third-order valence-electron chi connectivity index (χ3n) is 6.32. The molecule has 196 valence electrons. The maximum absolute atomic E-state index is 14.5. The molecule has 1 fully saturated rings. The fourth-order valence-electron chi connectivity index (χ4n) is 4.14. The summed E-state index contributed by atoms with van der Waals surface area (Å²) in [7, 11) is 1.28. The summed E-state index contributed by atoms with van der Waals surface area (Å²) < 4.78 is 42.1. The molecule has 0 aliphatic carbocycles. The van der Waals surface area contributed by atoms with E-state index in [2.05, 4.69) is 15.4 Å². The van der Waals surface area contributed by atoms with Crippen molar-refractivity contribution < 1.29 is 23.0 Å². The molecule has 1 aliphatic heterocycles. The molecule has 4 heterocycles. The van der Waals surface area contributed by atoms with Crippen molar-refractivity contribution in [3.05, 3.63) is 111 Å². The topological polar surface area (TPSA) is 100 Å². The van der Waals surface area contributed by atoms with Crippen LogP contribution in [0.2, 0.25) is 0 Å². The highest BCUT2D eigenvalue weighted by Crippen LogP contribution is 2.27. The lowest BCUT2D eigenvalue weighted by molar-refractivity contribution is 0.00619. The van der Waals surface area contributed by atoms with Crippen molar-refractivity contribution in [3.63, 3.8) is 0 Å². The van der Waals surface area contributed by atoms with Crippen LogP contribution < -0.4 is 15.6 Å². The molecule has 1 N–H and O–H groups in total. The number of methoxy groups -OCH3 is 1. The van der Waals surface area contributed by atoms with E-state index in [1.165, 1.54) is 19.2 Å². The van der Waals surface area contributed by atoms with E-state index in [-0.39, 0.29) is 29.3 Å². The van der Waals surface area contributed by atoms with Crippen molar-refractivity contribution in [1.82, 2.24) is 24.6 Å². The Hall–Kier alpha value is -4.38. The van der Waals surface area contributed by atoms with E-state index in [9.17, 15) is 18.4 Å². The molecule has 0 spiro atoms. The van der Waals surface area contributed by atoms with Crippen molar-refractivity contribution in [1.29, 1.82) is 0 Å². The molecule has 0 bridgehead atoms. The summed E-state index contributed by atoms with van der Waals surface area (Å²) in [5.41, 5.74) is 2.05. The Balaban J connectivity index is 1.30. The van der Waals surface area contributed by atoms with E-state index in [4.69, 9.17) is 9.47 Å². The van der Waals surface area contributed by atoms with Gasteiger partial charge < -0.3 is 19.4 Å². The van der Waals surface area contributed by atoms with E-state index in [0.29, 0.717) is 43.3 Å². The van der Waals surface area contributed by atoms with E-state index in [1.54, 1.807) is 40.0 Å². The van der Waals surface area contributed by atoms with Crippen molar-refractivity contribution in [2.45, 2.75) is 25.6 Å². The number of halogens is 2. The summed E-state index contributed by atoms with van der Waals surface area (Å²) >= 11 is 0. The number of hydrogen-bond donors (Lipinski definition) is 1. The van der Waals surface area contributed by atoms with Crippen molar-refractivity contribution in [2.24, 2.45) is 0 Å². The molecule has 1 aliphatic rings. The Labute approximate surface area is 216 Å². The molecule has 1 saturated heterocycles. The maximum atomic E-state index is 14.5. The first-order valence-corrected chi connectivity index (χ1v) is 12.0. The van der Waals surface area contributed by atoms with Gasteiger partial charge in [0.05, 0.1) is 56.3 Å². The van der Waals surface area contributed by atoms with Crippen LogP contribution in [-0.2, 0) is 24.4 Å². The van der Waals surface area contributed by atoms with Gasteiger partial charge in [0, 0.05) is 36.8 Å². The van der Waals surface area contributed by atoms with Gasteiger partial charge in [-0.15, -0.1) is 0 Å². The summed E-state index contributed by atoms with van der Waals surface area (Å²) in [6, 6.07) is 11.0. The van der Waals surface area contributed by atoms with Crippen LogP contribution in [0.15, 0.2) is 65.8 Å². The fraction of sp³-hybridized carbons (Fsp3) is 0.259. The molecule has 5 rings (SSSR count). The average molecular weight is 522 g/mol. The molecule has 11 heteroatoms. The Morgan fingerprint density at radius 2 is 2.00 bits per heavy atom. The van der Waals surface area contributed by atoms with Crippen LogP contribution in [0, 0.1) is 11.6 Å². The highest BCUT2D eigenvalue weighted by atomic mass is 19.1. The zero-order valence-corrected chi connectivity index (χ0v) is 20.6. The van der Waals surface area contributed by atoms with Gasteiger partial charge in [0.15, 0.2) is 11.6 Å². The second kappa shape index (κ2) is 10.9. The first-order valence-electron chi connectivity index (χ1n) is 12.0. The fourth-order valence-corrected chi connectivity index (χ4v) is 4.14. The number of carbonyl (C=O) groups is 1. The van der Waals surface area contributed by atoms with Crippen LogP contribution in [0.3, 0.4) is 0 Å². The Kier molecular flexibility index (Phi) is 7.27. The first kappa shape index (κ1) is 25.3. The predicted molar refractivity (Wildman–Crippen MR) is 133 cm³/mol. The normalized spacial score (nSPS) is 13.2. The van der Waals surface area contributed by atoms with Gasteiger partial charge in [-0.3, -0.25) is 19.3 Å². The van der Waals surface area contributed by atoms with E-state index in [0.717, 1.165) is 11.6 Å². The number of ether oxygens (including phenoxy) is 2. The zero-order valence-electron chi connectivity index (χ0n) is 20.6. The third kappa shape index (κ3) is 5.32. The van der Waals surface area contributed by atoms with Crippen LogP contribution >= 0.6 is 0 Å². The van der Waals surface area contributed by atoms with Gasteiger partial charge in [-0.05, 0) is 29.8 Å². The summed E-state index contributed by atoms with van der Waals surface area (Å²) in [6.45, 7) is 1.22. The zero-order chi connectivity index (χ0) is 26.6. The lowest BCUT2D eigenvalue weighted by atomic mass is 10.00. The quantitative estimate of drug-likeness (QED) is 0.364. The summed E-state index contributed by atoms with van der Waals surface area (Å²) in [4.78, 5) is 29.5. The molecule has 9 nitrogen and oxygen atoms in total. The van der Waals surface area contributed by atoms with Crippen LogP contribution in [0.4, 0.5) is 8.78 Å². The molecule has 0 radical (unpaired) electrons. The van der Waals surface area contributed by atoms with Crippen molar-refractivity contribution in [2.75, 3.05) is 20.3 Å². The minimum absolute atomic E-state index is 0.0539. The monoisotopic (exact) mass is 521 g/mol. The largest absolute Gasteiger partial charge is 0.494 e. The molecule has 38 heavy (non-hydrogen) atoms. The highest BCUT2D eigenvalue weighted by molar-refractivity contribution is 5.95. The van der Waals surface area contributed by atoms with E-state index in [1.807, 2.05) is 12.1 Å². The number of pyridine rings is 2. The predicted octanol–water partition coefficient (Wildman–Crippen LogP) is 2.87. The number of hydrogen-bond acceptors (Lipinski definition) is 6. The van der Waals surface area contributed by atoms with E-state index >= 15 is 0 Å². The Bertz CT molecular complexity index is 1510. The SMILES string of the molecule is COc1ccc(F)c(CNC(=O)c2cn(Cc3ccc(Cn4ccccc4=O)cn3)nc2C2COC2)c1F. The average Bonchev–Trinajstić information content (AvgIpc) is 3.28. The third-order valence-corrected chi connectivity index (χ3v) is 6.32. The molecule has 0 unspecified atom stereocenters.